The highest BCUT2D eigenvalue weighted by Crippen LogP contribution is 2.40. The fourth-order valence-corrected chi connectivity index (χ4v) is 4.15. The van der Waals surface area contributed by atoms with Crippen LogP contribution in [0.25, 0.3) is 6.08 Å². The lowest BCUT2D eigenvalue weighted by atomic mass is 9.99. The number of anilines is 1. The van der Waals surface area contributed by atoms with Crippen molar-refractivity contribution in [2.45, 2.75) is 51.8 Å². The molecule has 2 aliphatic rings. The molecule has 1 aromatic carbocycles. The quantitative estimate of drug-likeness (QED) is 0.671. The molecule has 0 spiro atoms. The molecule has 3 heterocycles. The van der Waals surface area contributed by atoms with E-state index in [4.69, 9.17) is 14.2 Å². The Bertz CT molecular complexity index is 984. The van der Waals surface area contributed by atoms with E-state index in [9.17, 15) is 5.11 Å². The van der Waals surface area contributed by atoms with Crippen LogP contribution in [0.2, 0.25) is 0 Å². The van der Waals surface area contributed by atoms with E-state index in [2.05, 4.69) is 44.5 Å². The molecule has 8 heteroatoms. The fraction of sp³-hybridized carbons (Fsp3) is 0.500. The molecule has 1 fully saturated rings. The van der Waals surface area contributed by atoms with Crippen molar-refractivity contribution in [3.05, 3.63) is 35.4 Å². The summed E-state index contributed by atoms with van der Waals surface area (Å²) < 4.78 is 17.2. The fourth-order valence-electron chi connectivity index (χ4n) is 4.15. The number of nitrogens with zero attached hydrogens (tertiary/aromatic N) is 3. The molecule has 2 N–H and O–H groups in total. The monoisotopic (exact) mass is 440 g/mol. The topological polar surface area (TPSA) is 89.0 Å². The summed E-state index contributed by atoms with van der Waals surface area (Å²) in [4.78, 5) is 10.3. The molecule has 8 nitrogen and oxygen atoms in total. The Morgan fingerprint density at radius 2 is 2.00 bits per heavy atom. The van der Waals surface area contributed by atoms with Gasteiger partial charge in [0.05, 0.1) is 13.7 Å². The van der Waals surface area contributed by atoms with Gasteiger partial charge in [-0.3, -0.25) is 4.90 Å². The summed E-state index contributed by atoms with van der Waals surface area (Å²) in [5, 5.41) is 13.1. The lowest BCUT2D eigenvalue weighted by Gasteiger charge is -2.33. The maximum atomic E-state index is 9.66. The van der Waals surface area contributed by atoms with E-state index in [1.54, 1.807) is 6.07 Å². The number of ether oxygens (including phenoxy) is 3. The second-order valence-electron chi connectivity index (χ2n) is 8.77. The maximum absolute atomic E-state index is 9.66. The average molecular weight is 441 g/mol. The molecule has 0 saturated carbocycles. The van der Waals surface area contributed by atoms with Gasteiger partial charge in [-0.25, -0.2) is 0 Å². The van der Waals surface area contributed by atoms with Gasteiger partial charge in [-0.05, 0) is 57.4 Å². The number of nitrogens with one attached hydrogen (secondary N) is 1. The van der Waals surface area contributed by atoms with Crippen molar-refractivity contribution in [1.29, 1.82) is 0 Å². The number of hydrogen-bond donors (Lipinski definition) is 2. The van der Waals surface area contributed by atoms with Gasteiger partial charge in [0.15, 0.2) is 11.5 Å². The molecule has 4 rings (SSSR count). The Labute approximate surface area is 189 Å². The van der Waals surface area contributed by atoms with Crippen LogP contribution in [0.1, 0.15) is 44.7 Å². The highest BCUT2D eigenvalue weighted by Gasteiger charge is 2.26. The number of rotatable bonds is 7. The molecular weight excluding hydrogens is 408 g/mol. The van der Waals surface area contributed by atoms with E-state index in [1.807, 2.05) is 20.8 Å². The second-order valence-corrected chi connectivity index (χ2v) is 8.77. The number of likely N-dealkylation sites (tertiary alicyclic amines) is 1. The smallest absolute Gasteiger partial charge is 0.319 e. The predicted octanol–water partition coefficient (Wildman–Crippen LogP) is 3.85. The normalized spacial score (nSPS) is 18.0. The first kappa shape index (κ1) is 22.2. The van der Waals surface area contributed by atoms with E-state index in [0.29, 0.717) is 18.3 Å². The Balaban J connectivity index is 1.39. The highest BCUT2D eigenvalue weighted by atomic mass is 16.5. The zero-order chi connectivity index (χ0) is 22.7. The molecule has 2 aliphatic heterocycles. The largest absolute Gasteiger partial charge is 0.490 e. The van der Waals surface area contributed by atoms with Gasteiger partial charge in [0.2, 0.25) is 5.88 Å². The minimum atomic E-state index is -0.334. The van der Waals surface area contributed by atoms with E-state index >= 15 is 0 Å². The van der Waals surface area contributed by atoms with Crippen molar-refractivity contribution in [3.8, 4) is 23.4 Å². The zero-order valence-electron chi connectivity index (χ0n) is 19.2. The van der Waals surface area contributed by atoms with Crippen molar-refractivity contribution in [2.75, 3.05) is 32.1 Å². The first-order valence-electron chi connectivity index (χ1n) is 11.1. The molecule has 32 heavy (non-hydrogen) atoms. The number of fused-ring (bicyclic) bond motifs is 1. The Hall–Kier alpha value is -3.00. The summed E-state index contributed by atoms with van der Waals surface area (Å²) >= 11 is 0. The van der Waals surface area contributed by atoms with Crippen LogP contribution in [0.4, 0.5) is 5.82 Å². The summed E-state index contributed by atoms with van der Waals surface area (Å²) in [5.74, 6) is 2.57. The highest BCUT2D eigenvalue weighted by molar-refractivity contribution is 5.66. The number of aromatic nitrogens is 2. The van der Waals surface area contributed by atoms with Gasteiger partial charge in [0.25, 0.3) is 0 Å². The molecule has 1 saturated heterocycles. The molecule has 0 amide bonds. The van der Waals surface area contributed by atoms with Crippen LogP contribution in [0, 0.1) is 0 Å². The van der Waals surface area contributed by atoms with Crippen molar-refractivity contribution in [1.82, 2.24) is 14.9 Å². The molecule has 0 aliphatic carbocycles. The minimum Gasteiger partial charge on any atom is -0.490 e. The Morgan fingerprint density at radius 3 is 2.72 bits per heavy atom. The third-order valence-electron chi connectivity index (χ3n) is 5.72. The van der Waals surface area contributed by atoms with Crippen molar-refractivity contribution in [3.63, 3.8) is 0 Å². The number of piperidine rings is 1. The first-order chi connectivity index (χ1) is 15.3. The van der Waals surface area contributed by atoms with Crippen molar-refractivity contribution in [2.24, 2.45) is 0 Å². The SMILES string of the molecule is CCOc1cc(CN2CCC(Nc3cc(OC)nc(O)n3)CC2)cc2c1OC(C)(C)C=C2. The second kappa shape index (κ2) is 9.24. The third kappa shape index (κ3) is 5.24. The van der Waals surface area contributed by atoms with Crippen LogP contribution < -0.4 is 19.5 Å². The van der Waals surface area contributed by atoms with E-state index < -0.39 is 0 Å². The van der Waals surface area contributed by atoms with Gasteiger partial charge in [-0.2, -0.15) is 9.97 Å². The molecule has 172 valence electrons. The van der Waals surface area contributed by atoms with Crippen LogP contribution in [0.3, 0.4) is 0 Å². The number of hydrogen-bond acceptors (Lipinski definition) is 8. The zero-order valence-corrected chi connectivity index (χ0v) is 19.2. The molecule has 0 atom stereocenters. The average Bonchev–Trinajstić information content (AvgIpc) is 2.75. The van der Waals surface area contributed by atoms with Crippen LogP contribution in [0.15, 0.2) is 24.3 Å². The lowest BCUT2D eigenvalue weighted by Crippen LogP contribution is -2.38. The lowest BCUT2D eigenvalue weighted by molar-refractivity contribution is 0.149. The van der Waals surface area contributed by atoms with E-state index in [1.165, 1.54) is 12.7 Å². The number of methoxy groups -OCH3 is 1. The molecule has 1 aromatic heterocycles. The standard InChI is InChI=1S/C24H32N4O4/c1-5-31-19-13-16(12-17-6-9-24(2,3)32-22(17)19)15-28-10-7-18(8-11-28)25-20-14-21(30-4)27-23(29)26-20/h6,9,12-14,18H,5,7-8,10-11,15H2,1-4H3,(H2,25,26,27,29). The molecule has 0 bridgehead atoms. The third-order valence-corrected chi connectivity index (χ3v) is 5.72. The van der Waals surface area contributed by atoms with Crippen molar-refractivity contribution >= 4 is 11.9 Å². The Kier molecular flexibility index (Phi) is 6.41. The summed E-state index contributed by atoms with van der Waals surface area (Å²) in [5.41, 5.74) is 1.95. The molecular formula is C24H32N4O4. The van der Waals surface area contributed by atoms with Gasteiger partial charge >= 0.3 is 6.01 Å². The van der Waals surface area contributed by atoms with E-state index in [-0.39, 0.29) is 17.7 Å². The predicted molar refractivity (Wildman–Crippen MR) is 124 cm³/mol. The molecule has 0 unspecified atom stereocenters. The summed E-state index contributed by atoms with van der Waals surface area (Å²) in [7, 11) is 1.52. The minimum absolute atomic E-state index is 0.284. The van der Waals surface area contributed by atoms with Gasteiger partial charge in [0, 0.05) is 37.3 Å². The molecule has 2 aromatic rings. The molecule has 0 radical (unpaired) electrons. The van der Waals surface area contributed by atoms with Gasteiger partial charge in [-0.15, -0.1) is 0 Å². The van der Waals surface area contributed by atoms with Gasteiger partial charge in [-0.1, -0.05) is 6.08 Å². The van der Waals surface area contributed by atoms with Crippen LogP contribution in [0.5, 0.6) is 23.4 Å². The first-order valence-corrected chi connectivity index (χ1v) is 11.1. The van der Waals surface area contributed by atoms with Crippen molar-refractivity contribution < 1.29 is 19.3 Å². The summed E-state index contributed by atoms with van der Waals surface area (Å²) in [6, 6.07) is 6.00. The van der Waals surface area contributed by atoms with Crippen LogP contribution >= 0.6 is 0 Å². The van der Waals surface area contributed by atoms with Gasteiger partial charge in [0.1, 0.15) is 11.4 Å². The Morgan fingerprint density at radius 1 is 1.22 bits per heavy atom. The number of aromatic hydroxyl groups is 1. The van der Waals surface area contributed by atoms with Gasteiger partial charge < -0.3 is 24.6 Å². The van der Waals surface area contributed by atoms with Crippen LogP contribution in [-0.4, -0.2) is 58.4 Å². The van der Waals surface area contributed by atoms with Crippen LogP contribution in [-0.2, 0) is 6.54 Å². The van der Waals surface area contributed by atoms with E-state index in [0.717, 1.165) is 49.5 Å². The maximum Gasteiger partial charge on any atom is 0.319 e. The number of benzene rings is 1. The summed E-state index contributed by atoms with van der Waals surface area (Å²) in [6.07, 6.45) is 6.18. The summed E-state index contributed by atoms with van der Waals surface area (Å²) in [6.45, 7) is 9.48.